The van der Waals surface area contributed by atoms with Gasteiger partial charge < -0.3 is 14.8 Å². The maximum absolute atomic E-state index is 13.1. The molecule has 188 valence electrons. The summed E-state index contributed by atoms with van der Waals surface area (Å²) >= 11 is 6.64. The molecule has 1 saturated heterocycles. The van der Waals surface area contributed by atoms with Crippen molar-refractivity contribution in [2.45, 2.75) is 51.1 Å². The highest BCUT2D eigenvalue weighted by atomic mass is 35.5. The number of hydrogen-bond acceptors (Lipinski definition) is 5. The Balaban J connectivity index is 1.42. The molecule has 2 aromatic heterocycles. The van der Waals surface area contributed by atoms with Gasteiger partial charge in [-0.3, -0.25) is 19.9 Å². The Hall–Kier alpha value is -3.23. The second-order valence-electron chi connectivity index (χ2n) is 9.57. The zero-order valence-corrected chi connectivity index (χ0v) is 21.2. The van der Waals surface area contributed by atoms with Crippen molar-refractivity contribution >= 4 is 40.4 Å². The standard InChI is InChI=1S/C27H31ClN6O2/c1-18-16-19(12-14-29-18)26(36)32-27-31-23-8-4-7-22(28)25(23)34(27)21-6-2-3-15-33(17-21)24(35)9-5-13-30-20-10-11-20/h4-5,7-9,12,14,16,20-21,30H,2-3,6,10-11,13,15,17H2,1H3,(H,31,32,36)/t21-/m1/s1. The second-order valence-corrected chi connectivity index (χ2v) is 9.98. The summed E-state index contributed by atoms with van der Waals surface area (Å²) in [5, 5.41) is 6.95. The summed E-state index contributed by atoms with van der Waals surface area (Å²) in [6.45, 7) is 3.78. The lowest BCUT2D eigenvalue weighted by molar-refractivity contribution is -0.126. The van der Waals surface area contributed by atoms with E-state index in [-0.39, 0.29) is 17.9 Å². The minimum atomic E-state index is -0.263. The molecule has 1 aromatic carbocycles. The third-order valence-electron chi connectivity index (χ3n) is 6.73. The van der Waals surface area contributed by atoms with Crippen molar-refractivity contribution in [3.8, 4) is 0 Å². The number of halogens is 1. The molecule has 3 aromatic rings. The molecule has 5 rings (SSSR count). The molecule has 2 fully saturated rings. The zero-order valence-electron chi connectivity index (χ0n) is 20.4. The topological polar surface area (TPSA) is 92.2 Å². The number of aryl methyl sites for hydroxylation is 1. The number of carbonyl (C=O) groups is 2. The SMILES string of the molecule is Cc1cc(C(=O)Nc2nc3cccc(Cl)c3n2[C@@H]2CCCCN(C(=O)C=CCNC3CC3)C2)ccn1. The highest BCUT2D eigenvalue weighted by Crippen LogP contribution is 2.34. The summed E-state index contributed by atoms with van der Waals surface area (Å²) in [5.74, 6) is 0.176. The fourth-order valence-corrected chi connectivity index (χ4v) is 4.99. The van der Waals surface area contributed by atoms with Crippen LogP contribution in [0.25, 0.3) is 11.0 Å². The number of likely N-dealkylation sites (tertiary alicyclic amines) is 1. The van der Waals surface area contributed by atoms with Crippen LogP contribution >= 0.6 is 11.6 Å². The number of pyridine rings is 1. The third kappa shape index (κ3) is 5.60. The Morgan fingerprint density at radius 1 is 1.19 bits per heavy atom. The van der Waals surface area contributed by atoms with Gasteiger partial charge in [0, 0.05) is 49.2 Å². The lowest BCUT2D eigenvalue weighted by atomic mass is 10.1. The number of nitrogens with zero attached hydrogens (tertiary/aromatic N) is 4. The van der Waals surface area contributed by atoms with Gasteiger partial charge in [-0.05, 0) is 63.3 Å². The van der Waals surface area contributed by atoms with Crippen molar-refractivity contribution in [1.29, 1.82) is 0 Å². The average molecular weight is 507 g/mol. The van der Waals surface area contributed by atoms with Gasteiger partial charge in [0.1, 0.15) is 0 Å². The van der Waals surface area contributed by atoms with Gasteiger partial charge in [-0.25, -0.2) is 4.98 Å². The van der Waals surface area contributed by atoms with Crippen molar-refractivity contribution in [3.63, 3.8) is 0 Å². The zero-order chi connectivity index (χ0) is 25.1. The summed E-state index contributed by atoms with van der Waals surface area (Å²) in [4.78, 5) is 36.9. The van der Waals surface area contributed by atoms with Gasteiger partial charge >= 0.3 is 0 Å². The lowest BCUT2D eigenvalue weighted by Gasteiger charge is -2.26. The van der Waals surface area contributed by atoms with E-state index in [1.54, 1.807) is 24.4 Å². The molecule has 3 heterocycles. The van der Waals surface area contributed by atoms with E-state index in [0.29, 0.717) is 47.7 Å². The summed E-state index contributed by atoms with van der Waals surface area (Å²) in [6.07, 6.45) is 10.4. The quantitative estimate of drug-likeness (QED) is 0.460. The molecule has 8 nitrogen and oxygen atoms in total. The predicted octanol–water partition coefficient (Wildman–Crippen LogP) is 4.51. The van der Waals surface area contributed by atoms with Crippen molar-refractivity contribution in [2.24, 2.45) is 0 Å². The van der Waals surface area contributed by atoms with E-state index in [4.69, 9.17) is 16.6 Å². The highest BCUT2D eigenvalue weighted by Gasteiger charge is 2.27. The molecule has 2 amide bonds. The van der Waals surface area contributed by atoms with E-state index in [1.807, 2.05) is 40.7 Å². The van der Waals surface area contributed by atoms with Gasteiger partial charge in [-0.2, -0.15) is 0 Å². The number of nitrogens with one attached hydrogen (secondary N) is 2. The minimum Gasteiger partial charge on any atom is -0.337 e. The molecule has 2 aliphatic rings. The van der Waals surface area contributed by atoms with Crippen molar-refractivity contribution < 1.29 is 9.59 Å². The van der Waals surface area contributed by atoms with Crippen LogP contribution in [-0.2, 0) is 4.79 Å². The van der Waals surface area contributed by atoms with Crippen LogP contribution in [0, 0.1) is 6.92 Å². The van der Waals surface area contributed by atoms with Crippen molar-refractivity contribution in [2.75, 3.05) is 25.0 Å². The van der Waals surface area contributed by atoms with E-state index < -0.39 is 0 Å². The second kappa shape index (κ2) is 10.8. The van der Waals surface area contributed by atoms with Gasteiger partial charge in [0.25, 0.3) is 5.91 Å². The lowest BCUT2D eigenvalue weighted by Crippen LogP contribution is -2.35. The van der Waals surface area contributed by atoms with Gasteiger partial charge in [-0.1, -0.05) is 23.7 Å². The molecule has 1 saturated carbocycles. The number of anilines is 1. The van der Waals surface area contributed by atoms with Crippen LogP contribution in [0.2, 0.25) is 5.02 Å². The number of rotatable bonds is 7. The molecule has 0 bridgehead atoms. The molecule has 0 radical (unpaired) electrons. The molecule has 36 heavy (non-hydrogen) atoms. The maximum Gasteiger partial charge on any atom is 0.258 e. The number of carbonyl (C=O) groups excluding carboxylic acids is 2. The van der Waals surface area contributed by atoms with Crippen LogP contribution in [0.5, 0.6) is 0 Å². The van der Waals surface area contributed by atoms with Crippen molar-refractivity contribution in [3.05, 3.63) is 65.0 Å². The molecular formula is C27H31ClN6O2. The number of fused-ring (bicyclic) bond motifs is 1. The van der Waals surface area contributed by atoms with E-state index >= 15 is 0 Å². The summed E-state index contributed by atoms with van der Waals surface area (Å²) in [6, 6.07) is 9.52. The molecule has 1 aliphatic carbocycles. The van der Waals surface area contributed by atoms with Crippen LogP contribution in [0.4, 0.5) is 5.95 Å². The first-order chi connectivity index (χ1) is 17.5. The number of aromatic nitrogens is 3. The molecule has 2 N–H and O–H groups in total. The summed E-state index contributed by atoms with van der Waals surface area (Å²) in [7, 11) is 0. The van der Waals surface area contributed by atoms with Gasteiger partial charge in [0.15, 0.2) is 0 Å². The minimum absolute atomic E-state index is 0.00728. The van der Waals surface area contributed by atoms with Crippen LogP contribution < -0.4 is 10.6 Å². The van der Waals surface area contributed by atoms with Crippen molar-refractivity contribution in [1.82, 2.24) is 24.8 Å². The first-order valence-corrected chi connectivity index (χ1v) is 13.0. The number of benzene rings is 1. The largest absolute Gasteiger partial charge is 0.337 e. The van der Waals surface area contributed by atoms with E-state index in [1.165, 1.54) is 12.8 Å². The average Bonchev–Trinajstić information content (AvgIpc) is 3.66. The first-order valence-electron chi connectivity index (χ1n) is 12.6. The van der Waals surface area contributed by atoms with E-state index in [0.717, 1.165) is 30.5 Å². The van der Waals surface area contributed by atoms with E-state index in [2.05, 4.69) is 15.6 Å². The molecule has 1 atom stereocenters. The first kappa shape index (κ1) is 24.5. The van der Waals surface area contributed by atoms with Crippen LogP contribution in [0.1, 0.15) is 54.2 Å². The highest BCUT2D eigenvalue weighted by molar-refractivity contribution is 6.35. The number of para-hydroxylation sites is 1. The Morgan fingerprint density at radius 2 is 2.06 bits per heavy atom. The van der Waals surface area contributed by atoms with Gasteiger partial charge in [0.2, 0.25) is 11.9 Å². The van der Waals surface area contributed by atoms with Gasteiger partial charge in [0.05, 0.1) is 22.1 Å². The van der Waals surface area contributed by atoms with Crippen LogP contribution in [0.15, 0.2) is 48.7 Å². The summed E-state index contributed by atoms with van der Waals surface area (Å²) < 4.78 is 2.01. The number of amides is 2. The predicted molar refractivity (Wildman–Crippen MR) is 141 cm³/mol. The van der Waals surface area contributed by atoms with Crippen LogP contribution in [0.3, 0.4) is 0 Å². The normalized spacial score (nSPS) is 18.5. The maximum atomic E-state index is 13.1. The molecule has 0 unspecified atom stereocenters. The fourth-order valence-electron chi connectivity index (χ4n) is 4.73. The molecule has 1 aliphatic heterocycles. The number of imidazole rings is 1. The Kier molecular flexibility index (Phi) is 7.34. The molecular weight excluding hydrogens is 476 g/mol. The summed E-state index contributed by atoms with van der Waals surface area (Å²) in [5.41, 5.74) is 2.74. The monoisotopic (exact) mass is 506 g/mol. The smallest absolute Gasteiger partial charge is 0.258 e. The van der Waals surface area contributed by atoms with Gasteiger partial charge in [-0.15, -0.1) is 0 Å². The Morgan fingerprint density at radius 3 is 2.86 bits per heavy atom. The van der Waals surface area contributed by atoms with E-state index in [9.17, 15) is 9.59 Å². The third-order valence-corrected chi connectivity index (χ3v) is 7.04. The molecule has 9 heteroatoms. The van der Waals surface area contributed by atoms with Crippen LogP contribution in [-0.4, -0.2) is 56.9 Å². The Bertz CT molecular complexity index is 1300. The molecule has 0 spiro atoms. The number of hydrogen-bond donors (Lipinski definition) is 2. The fraction of sp³-hybridized carbons (Fsp3) is 0.407. The Labute approximate surface area is 215 Å².